The molecule has 138 valence electrons. The molecular formula is C20H25N3O3. The number of rotatable bonds is 4. The number of amides is 1. The molecule has 2 aromatic rings. The molecule has 0 N–H and O–H groups in total. The van der Waals surface area contributed by atoms with Crippen molar-refractivity contribution in [2.24, 2.45) is 0 Å². The number of fused-ring (bicyclic) bond motifs is 1. The van der Waals surface area contributed by atoms with Crippen molar-refractivity contribution in [3.63, 3.8) is 0 Å². The molecule has 1 aliphatic heterocycles. The van der Waals surface area contributed by atoms with Crippen LogP contribution in [0.15, 0.2) is 24.3 Å². The normalized spacial score (nSPS) is 16.0. The molecular weight excluding hydrogens is 330 g/mol. The average molecular weight is 355 g/mol. The van der Waals surface area contributed by atoms with Crippen molar-refractivity contribution < 1.29 is 14.3 Å². The van der Waals surface area contributed by atoms with Gasteiger partial charge in [0.05, 0.1) is 11.2 Å². The first-order valence-corrected chi connectivity index (χ1v) is 9.07. The fraction of sp³-hybridized carbons (Fsp3) is 0.500. The topological polar surface area (TPSA) is 56.6 Å². The van der Waals surface area contributed by atoms with Crippen LogP contribution in [-0.2, 0) is 12.1 Å². The van der Waals surface area contributed by atoms with Crippen molar-refractivity contribution in [3.8, 4) is 11.5 Å². The molecule has 1 amide bonds. The van der Waals surface area contributed by atoms with E-state index in [0.717, 1.165) is 22.8 Å². The third-order valence-corrected chi connectivity index (χ3v) is 4.78. The maximum absolute atomic E-state index is 13.1. The quantitative estimate of drug-likeness (QED) is 0.842. The van der Waals surface area contributed by atoms with Gasteiger partial charge in [0.15, 0.2) is 11.5 Å². The summed E-state index contributed by atoms with van der Waals surface area (Å²) in [6.07, 6.45) is 2.34. The predicted octanol–water partition coefficient (Wildman–Crippen LogP) is 3.52. The Morgan fingerprint density at radius 3 is 2.65 bits per heavy atom. The molecule has 0 unspecified atom stereocenters. The minimum absolute atomic E-state index is 0.0167. The van der Waals surface area contributed by atoms with E-state index in [2.05, 4.69) is 20.8 Å². The van der Waals surface area contributed by atoms with E-state index in [1.165, 1.54) is 12.8 Å². The molecule has 1 aromatic carbocycles. The van der Waals surface area contributed by atoms with Crippen LogP contribution in [0.4, 0.5) is 0 Å². The molecule has 2 aliphatic rings. The van der Waals surface area contributed by atoms with Gasteiger partial charge < -0.3 is 14.4 Å². The summed E-state index contributed by atoms with van der Waals surface area (Å²) in [5.74, 6) is 1.99. The second-order valence-electron chi connectivity index (χ2n) is 8.16. The lowest BCUT2D eigenvalue weighted by Crippen LogP contribution is -2.33. The molecule has 0 radical (unpaired) electrons. The zero-order valence-corrected chi connectivity index (χ0v) is 15.8. The van der Waals surface area contributed by atoms with E-state index in [4.69, 9.17) is 14.6 Å². The van der Waals surface area contributed by atoms with Crippen molar-refractivity contribution in [1.82, 2.24) is 14.7 Å². The van der Waals surface area contributed by atoms with Gasteiger partial charge in [0.25, 0.3) is 5.91 Å². The fourth-order valence-electron chi connectivity index (χ4n) is 3.22. The standard InChI is InChI=1S/C20H25N3O3/c1-20(2,3)23-16(10-15(21-23)14-6-7-14)19(24)22(4)11-13-5-8-17-18(9-13)26-12-25-17/h5,8-10,14H,6-7,11-12H2,1-4H3. The maximum atomic E-state index is 13.1. The van der Waals surface area contributed by atoms with Crippen LogP contribution in [0.5, 0.6) is 11.5 Å². The first-order chi connectivity index (χ1) is 12.3. The second kappa shape index (κ2) is 6.04. The van der Waals surface area contributed by atoms with Crippen molar-refractivity contribution >= 4 is 5.91 Å². The van der Waals surface area contributed by atoms with E-state index in [0.29, 0.717) is 18.2 Å². The summed E-state index contributed by atoms with van der Waals surface area (Å²) in [5.41, 5.74) is 2.47. The Morgan fingerprint density at radius 1 is 1.23 bits per heavy atom. The summed E-state index contributed by atoms with van der Waals surface area (Å²) in [6.45, 7) is 6.98. The smallest absolute Gasteiger partial charge is 0.272 e. The Kier molecular flexibility index (Phi) is 3.93. The third kappa shape index (κ3) is 3.16. The van der Waals surface area contributed by atoms with Gasteiger partial charge in [-0.05, 0) is 57.4 Å². The molecule has 0 saturated heterocycles. The zero-order chi connectivity index (χ0) is 18.5. The van der Waals surface area contributed by atoms with Crippen LogP contribution in [0.3, 0.4) is 0 Å². The maximum Gasteiger partial charge on any atom is 0.272 e. The highest BCUT2D eigenvalue weighted by molar-refractivity contribution is 5.92. The monoisotopic (exact) mass is 355 g/mol. The summed E-state index contributed by atoms with van der Waals surface area (Å²) in [7, 11) is 1.82. The molecule has 1 saturated carbocycles. The highest BCUT2D eigenvalue weighted by Crippen LogP contribution is 2.40. The van der Waals surface area contributed by atoms with Gasteiger partial charge in [-0.2, -0.15) is 5.10 Å². The van der Waals surface area contributed by atoms with E-state index in [-0.39, 0.29) is 18.2 Å². The molecule has 1 aromatic heterocycles. The van der Waals surface area contributed by atoms with Crippen molar-refractivity contribution in [1.29, 1.82) is 0 Å². The van der Waals surface area contributed by atoms with Crippen molar-refractivity contribution in [2.75, 3.05) is 13.8 Å². The average Bonchev–Trinajstić information content (AvgIpc) is 3.16. The first kappa shape index (κ1) is 16.9. The Balaban J connectivity index is 1.57. The molecule has 2 heterocycles. The Bertz CT molecular complexity index is 846. The van der Waals surface area contributed by atoms with Crippen LogP contribution >= 0.6 is 0 Å². The Morgan fingerprint density at radius 2 is 1.96 bits per heavy atom. The number of carbonyl (C=O) groups excluding carboxylic acids is 1. The fourth-order valence-corrected chi connectivity index (χ4v) is 3.22. The van der Waals surface area contributed by atoms with E-state index in [1.807, 2.05) is 36.0 Å². The second-order valence-corrected chi connectivity index (χ2v) is 8.16. The first-order valence-electron chi connectivity index (χ1n) is 9.07. The number of hydrogen-bond acceptors (Lipinski definition) is 4. The summed E-state index contributed by atoms with van der Waals surface area (Å²) in [6, 6.07) is 7.76. The van der Waals surface area contributed by atoms with Crippen LogP contribution in [0, 0.1) is 0 Å². The number of nitrogens with zero attached hydrogens (tertiary/aromatic N) is 3. The van der Waals surface area contributed by atoms with E-state index in [1.54, 1.807) is 4.90 Å². The third-order valence-electron chi connectivity index (χ3n) is 4.78. The summed E-state index contributed by atoms with van der Waals surface area (Å²) < 4.78 is 12.6. The van der Waals surface area contributed by atoms with Crippen LogP contribution < -0.4 is 9.47 Å². The lowest BCUT2D eigenvalue weighted by molar-refractivity contribution is 0.0764. The molecule has 1 fully saturated rings. The van der Waals surface area contributed by atoms with Crippen molar-refractivity contribution in [2.45, 2.75) is 51.6 Å². The zero-order valence-electron chi connectivity index (χ0n) is 15.8. The lowest BCUT2D eigenvalue weighted by atomic mass is 10.1. The Labute approximate surface area is 153 Å². The summed E-state index contributed by atoms with van der Waals surface area (Å²) >= 11 is 0. The van der Waals surface area contributed by atoms with E-state index < -0.39 is 0 Å². The van der Waals surface area contributed by atoms with Crippen LogP contribution in [-0.4, -0.2) is 34.4 Å². The van der Waals surface area contributed by atoms with Gasteiger partial charge >= 0.3 is 0 Å². The minimum Gasteiger partial charge on any atom is -0.454 e. The molecule has 4 rings (SSSR count). The molecule has 0 bridgehead atoms. The van der Waals surface area contributed by atoms with Crippen molar-refractivity contribution in [3.05, 3.63) is 41.2 Å². The lowest BCUT2D eigenvalue weighted by Gasteiger charge is -2.24. The predicted molar refractivity (Wildman–Crippen MR) is 97.6 cm³/mol. The number of benzene rings is 1. The van der Waals surface area contributed by atoms with Gasteiger partial charge in [-0.3, -0.25) is 9.48 Å². The van der Waals surface area contributed by atoms with Gasteiger partial charge in [-0.15, -0.1) is 0 Å². The molecule has 0 atom stereocenters. The van der Waals surface area contributed by atoms with Gasteiger partial charge in [0.1, 0.15) is 5.69 Å². The number of ether oxygens (including phenoxy) is 2. The molecule has 6 nitrogen and oxygen atoms in total. The van der Waals surface area contributed by atoms with Crippen LogP contribution in [0.25, 0.3) is 0 Å². The van der Waals surface area contributed by atoms with Crippen LogP contribution in [0.1, 0.15) is 61.3 Å². The van der Waals surface area contributed by atoms with Gasteiger partial charge in [0.2, 0.25) is 6.79 Å². The molecule has 26 heavy (non-hydrogen) atoms. The molecule has 6 heteroatoms. The number of carbonyl (C=O) groups is 1. The summed E-state index contributed by atoms with van der Waals surface area (Å²) in [4.78, 5) is 14.8. The molecule has 1 aliphatic carbocycles. The van der Waals surface area contributed by atoms with Gasteiger partial charge in [-0.25, -0.2) is 0 Å². The summed E-state index contributed by atoms with van der Waals surface area (Å²) in [5, 5.41) is 4.73. The highest BCUT2D eigenvalue weighted by atomic mass is 16.7. The van der Waals surface area contributed by atoms with Crippen LogP contribution in [0.2, 0.25) is 0 Å². The van der Waals surface area contributed by atoms with E-state index >= 15 is 0 Å². The van der Waals surface area contributed by atoms with Gasteiger partial charge in [0, 0.05) is 19.5 Å². The van der Waals surface area contributed by atoms with Gasteiger partial charge in [-0.1, -0.05) is 6.07 Å². The SMILES string of the molecule is CN(Cc1ccc2c(c1)OCO2)C(=O)c1cc(C2CC2)nn1C(C)(C)C. The van der Waals surface area contributed by atoms with E-state index in [9.17, 15) is 4.79 Å². The largest absolute Gasteiger partial charge is 0.454 e. The highest BCUT2D eigenvalue weighted by Gasteiger charge is 2.32. The minimum atomic E-state index is -0.238. The Hall–Kier alpha value is -2.50. The number of hydrogen-bond donors (Lipinski definition) is 0. The number of aromatic nitrogens is 2. The molecule has 0 spiro atoms.